The highest BCUT2D eigenvalue weighted by Crippen LogP contribution is 2.41. The predicted octanol–water partition coefficient (Wildman–Crippen LogP) is 6.81. The highest BCUT2D eigenvalue weighted by Gasteiger charge is 2.24. The molecule has 0 fully saturated rings. The van der Waals surface area contributed by atoms with Crippen LogP contribution >= 0.6 is 0 Å². The normalized spacial score (nSPS) is 18.6. The Morgan fingerprint density at radius 2 is 1.84 bits per heavy atom. The SMILES string of the molecule is C1=CC(CC2CCc3ccc(-c4cccc5ccccc45)cc32)=CC1. The summed E-state index contributed by atoms with van der Waals surface area (Å²) in [4.78, 5) is 0. The molecular formula is C25H22. The minimum atomic E-state index is 0.680. The van der Waals surface area contributed by atoms with Crippen LogP contribution in [0.1, 0.15) is 36.3 Å². The smallest absolute Gasteiger partial charge is 0.0105 e. The molecule has 2 aliphatic carbocycles. The Labute approximate surface area is 149 Å². The van der Waals surface area contributed by atoms with Crippen LogP contribution in [0.2, 0.25) is 0 Å². The number of hydrogen-bond donors (Lipinski definition) is 0. The van der Waals surface area contributed by atoms with Crippen LogP contribution < -0.4 is 0 Å². The van der Waals surface area contributed by atoms with Gasteiger partial charge in [-0.25, -0.2) is 0 Å². The summed E-state index contributed by atoms with van der Waals surface area (Å²) in [6, 6.07) is 22.5. The fraction of sp³-hybridized carbons (Fsp3) is 0.200. The van der Waals surface area contributed by atoms with Gasteiger partial charge in [-0.15, -0.1) is 0 Å². The quantitative estimate of drug-likeness (QED) is 0.496. The van der Waals surface area contributed by atoms with E-state index < -0.39 is 0 Å². The van der Waals surface area contributed by atoms with Crippen LogP contribution in [0.25, 0.3) is 21.9 Å². The fourth-order valence-electron chi connectivity index (χ4n) is 4.49. The topological polar surface area (TPSA) is 0 Å². The molecule has 0 aromatic heterocycles. The monoisotopic (exact) mass is 322 g/mol. The molecule has 0 aliphatic heterocycles. The molecule has 0 amide bonds. The van der Waals surface area contributed by atoms with Crippen LogP contribution in [0.3, 0.4) is 0 Å². The lowest BCUT2D eigenvalue weighted by atomic mass is 9.90. The second-order valence-electron chi connectivity index (χ2n) is 7.30. The molecule has 1 unspecified atom stereocenters. The van der Waals surface area contributed by atoms with E-state index in [2.05, 4.69) is 78.9 Å². The maximum atomic E-state index is 2.47. The minimum absolute atomic E-state index is 0.680. The van der Waals surface area contributed by atoms with Gasteiger partial charge in [0.1, 0.15) is 0 Å². The van der Waals surface area contributed by atoms with E-state index in [0.717, 1.165) is 6.42 Å². The Kier molecular flexibility index (Phi) is 3.56. The van der Waals surface area contributed by atoms with Crippen LogP contribution in [0.4, 0.5) is 0 Å². The summed E-state index contributed by atoms with van der Waals surface area (Å²) in [6.07, 6.45) is 11.8. The molecule has 0 saturated heterocycles. The first-order valence-corrected chi connectivity index (χ1v) is 9.35. The van der Waals surface area contributed by atoms with Gasteiger partial charge < -0.3 is 0 Å². The van der Waals surface area contributed by atoms with E-state index in [9.17, 15) is 0 Å². The van der Waals surface area contributed by atoms with Crippen molar-refractivity contribution in [2.24, 2.45) is 0 Å². The third-order valence-electron chi connectivity index (χ3n) is 5.78. The van der Waals surface area contributed by atoms with Crippen molar-refractivity contribution < 1.29 is 0 Å². The Morgan fingerprint density at radius 1 is 0.920 bits per heavy atom. The molecule has 0 saturated carbocycles. The van der Waals surface area contributed by atoms with Crippen molar-refractivity contribution in [2.75, 3.05) is 0 Å². The van der Waals surface area contributed by atoms with Crippen LogP contribution in [-0.2, 0) is 6.42 Å². The van der Waals surface area contributed by atoms with E-state index in [1.165, 1.54) is 46.7 Å². The lowest BCUT2D eigenvalue weighted by molar-refractivity contribution is 0.677. The Hall–Kier alpha value is -2.60. The molecule has 25 heavy (non-hydrogen) atoms. The Balaban J connectivity index is 1.57. The molecule has 0 spiro atoms. The van der Waals surface area contributed by atoms with E-state index in [1.807, 2.05) is 0 Å². The lowest BCUT2D eigenvalue weighted by Gasteiger charge is -2.14. The summed E-state index contributed by atoms with van der Waals surface area (Å²) in [7, 11) is 0. The van der Waals surface area contributed by atoms with Crippen LogP contribution in [0.15, 0.2) is 84.5 Å². The lowest BCUT2D eigenvalue weighted by Crippen LogP contribution is -1.95. The second kappa shape index (κ2) is 6.04. The van der Waals surface area contributed by atoms with Gasteiger partial charge in [0.2, 0.25) is 0 Å². The van der Waals surface area contributed by atoms with Gasteiger partial charge in [0.05, 0.1) is 0 Å². The average Bonchev–Trinajstić information content (AvgIpc) is 3.31. The van der Waals surface area contributed by atoms with E-state index in [0.29, 0.717) is 5.92 Å². The first-order valence-electron chi connectivity index (χ1n) is 9.35. The van der Waals surface area contributed by atoms with Crippen molar-refractivity contribution in [2.45, 2.75) is 31.6 Å². The van der Waals surface area contributed by atoms with Crippen molar-refractivity contribution in [3.63, 3.8) is 0 Å². The summed E-state index contributed by atoms with van der Waals surface area (Å²) in [5.74, 6) is 0.680. The molecule has 0 nitrogen and oxygen atoms in total. The molecular weight excluding hydrogens is 300 g/mol. The van der Waals surface area contributed by atoms with Gasteiger partial charge in [-0.05, 0) is 64.6 Å². The highest BCUT2D eigenvalue weighted by molar-refractivity contribution is 5.96. The van der Waals surface area contributed by atoms with Crippen molar-refractivity contribution >= 4 is 10.8 Å². The summed E-state index contributed by atoms with van der Waals surface area (Å²) in [6.45, 7) is 0. The molecule has 0 radical (unpaired) electrons. The molecule has 3 aromatic rings. The standard InChI is InChI=1S/C25H22/c1-2-7-18(6-1)16-21-14-12-20-13-15-22(17-25(20)21)24-11-5-9-19-8-3-4-10-23(19)24/h1,3-11,13,15,17,21H,2,12,14,16H2. The number of benzene rings is 3. The number of fused-ring (bicyclic) bond motifs is 2. The summed E-state index contributed by atoms with van der Waals surface area (Å²) in [5.41, 5.74) is 7.36. The van der Waals surface area contributed by atoms with E-state index >= 15 is 0 Å². The molecule has 1 atom stereocenters. The summed E-state index contributed by atoms with van der Waals surface area (Å²) < 4.78 is 0. The van der Waals surface area contributed by atoms with Crippen LogP contribution in [-0.4, -0.2) is 0 Å². The third-order valence-corrected chi connectivity index (χ3v) is 5.78. The zero-order chi connectivity index (χ0) is 16.6. The Morgan fingerprint density at radius 3 is 2.76 bits per heavy atom. The minimum Gasteiger partial charge on any atom is -0.0805 e. The van der Waals surface area contributed by atoms with Gasteiger partial charge in [-0.2, -0.15) is 0 Å². The average molecular weight is 322 g/mol. The van der Waals surface area contributed by atoms with Gasteiger partial charge in [0, 0.05) is 0 Å². The first-order chi connectivity index (χ1) is 12.4. The third kappa shape index (κ3) is 2.62. The molecule has 2 aliphatic rings. The molecule has 5 rings (SSSR count). The summed E-state index contributed by atoms with van der Waals surface area (Å²) >= 11 is 0. The number of hydrogen-bond acceptors (Lipinski definition) is 0. The van der Waals surface area contributed by atoms with Crippen molar-refractivity contribution in [1.29, 1.82) is 0 Å². The number of rotatable bonds is 3. The van der Waals surface area contributed by atoms with E-state index in [1.54, 1.807) is 11.1 Å². The highest BCUT2D eigenvalue weighted by atomic mass is 14.3. The maximum Gasteiger partial charge on any atom is -0.0105 e. The molecule has 122 valence electrons. The molecule has 3 aromatic carbocycles. The van der Waals surface area contributed by atoms with Crippen molar-refractivity contribution in [3.8, 4) is 11.1 Å². The first kappa shape index (κ1) is 14.7. The van der Waals surface area contributed by atoms with Gasteiger partial charge in [0.25, 0.3) is 0 Å². The zero-order valence-electron chi connectivity index (χ0n) is 14.4. The van der Waals surface area contributed by atoms with Crippen LogP contribution in [0, 0.1) is 0 Å². The number of aryl methyl sites for hydroxylation is 1. The largest absolute Gasteiger partial charge is 0.0805 e. The second-order valence-corrected chi connectivity index (χ2v) is 7.30. The van der Waals surface area contributed by atoms with Crippen molar-refractivity contribution in [3.05, 3.63) is 95.6 Å². The zero-order valence-corrected chi connectivity index (χ0v) is 14.4. The van der Waals surface area contributed by atoms with E-state index in [-0.39, 0.29) is 0 Å². The molecule has 0 heterocycles. The van der Waals surface area contributed by atoms with Crippen LogP contribution in [0.5, 0.6) is 0 Å². The molecule has 0 bridgehead atoms. The van der Waals surface area contributed by atoms with Crippen molar-refractivity contribution in [1.82, 2.24) is 0 Å². The maximum absolute atomic E-state index is 2.47. The van der Waals surface area contributed by atoms with Gasteiger partial charge in [0.15, 0.2) is 0 Å². The van der Waals surface area contributed by atoms with Gasteiger partial charge in [-0.3, -0.25) is 0 Å². The van der Waals surface area contributed by atoms with Gasteiger partial charge in [-0.1, -0.05) is 84.5 Å². The number of allylic oxidation sites excluding steroid dienone is 4. The van der Waals surface area contributed by atoms with E-state index in [4.69, 9.17) is 0 Å². The fourth-order valence-corrected chi connectivity index (χ4v) is 4.49. The Bertz CT molecular complexity index is 998. The predicted molar refractivity (Wildman–Crippen MR) is 107 cm³/mol. The summed E-state index contributed by atoms with van der Waals surface area (Å²) in [5, 5.41) is 2.67. The molecule has 0 heteroatoms. The van der Waals surface area contributed by atoms with Gasteiger partial charge >= 0.3 is 0 Å². The molecule has 0 N–H and O–H groups in total.